The Morgan fingerprint density at radius 3 is 2.62 bits per heavy atom. The summed E-state index contributed by atoms with van der Waals surface area (Å²) in [6.45, 7) is 3.70. The first kappa shape index (κ1) is 9.92. The van der Waals surface area contributed by atoms with Gasteiger partial charge in [0.25, 0.3) is 0 Å². The number of hydrogen-bond donors (Lipinski definition) is 1. The van der Waals surface area contributed by atoms with Crippen molar-refractivity contribution in [1.29, 1.82) is 0 Å². The van der Waals surface area contributed by atoms with Crippen LogP contribution in [0.5, 0.6) is 0 Å². The molecule has 0 amide bonds. The normalized spacial score (nSPS) is 11.7. The van der Waals surface area contributed by atoms with Crippen LogP contribution in [-0.2, 0) is 7.05 Å². The van der Waals surface area contributed by atoms with Gasteiger partial charge in [-0.2, -0.15) is 5.10 Å². The monoisotopic (exact) mass is 181 g/mol. The van der Waals surface area contributed by atoms with E-state index in [1.54, 1.807) is 31.0 Å². The van der Waals surface area contributed by atoms with Crippen LogP contribution in [0.4, 0.5) is 0 Å². The molecule has 0 fully saturated rings. The van der Waals surface area contributed by atoms with Gasteiger partial charge in [-0.15, -0.1) is 0 Å². The Labute approximate surface area is 77.9 Å². The molecule has 0 aliphatic carbocycles. The molecule has 0 saturated heterocycles. The van der Waals surface area contributed by atoms with Gasteiger partial charge >= 0.3 is 0 Å². The Balaban J connectivity index is 2.98. The molecule has 72 valence electrons. The first-order valence-electron chi connectivity index (χ1n) is 4.21. The molecule has 0 aliphatic rings. The van der Waals surface area contributed by atoms with Crippen molar-refractivity contribution < 1.29 is 4.79 Å². The van der Waals surface area contributed by atoms with Gasteiger partial charge in [0.15, 0.2) is 5.78 Å². The third-order valence-corrected chi connectivity index (χ3v) is 2.25. The van der Waals surface area contributed by atoms with Gasteiger partial charge in [-0.25, -0.2) is 0 Å². The Morgan fingerprint density at radius 1 is 1.62 bits per heavy atom. The van der Waals surface area contributed by atoms with E-state index in [2.05, 4.69) is 10.4 Å². The minimum absolute atomic E-state index is 0.0509. The SMILES string of the molecule is CNC(C)(C)C(=O)c1ccnn1C. The Kier molecular flexibility index (Phi) is 2.52. The summed E-state index contributed by atoms with van der Waals surface area (Å²) in [5.41, 5.74) is 0.0905. The summed E-state index contributed by atoms with van der Waals surface area (Å²) in [4.78, 5) is 11.9. The van der Waals surface area contributed by atoms with E-state index >= 15 is 0 Å². The molecule has 0 radical (unpaired) electrons. The predicted molar refractivity (Wildman–Crippen MR) is 50.7 cm³/mol. The van der Waals surface area contributed by atoms with Crippen LogP contribution in [0.25, 0.3) is 0 Å². The zero-order valence-corrected chi connectivity index (χ0v) is 8.46. The molecular weight excluding hydrogens is 166 g/mol. The first-order valence-corrected chi connectivity index (χ1v) is 4.21. The van der Waals surface area contributed by atoms with Crippen molar-refractivity contribution in [3.63, 3.8) is 0 Å². The van der Waals surface area contributed by atoms with E-state index in [0.29, 0.717) is 5.69 Å². The van der Waals surface area contributed by atoms with Crippen LogP contribution < -0.4 is 5.32 Å². The topological polar surface area (TPSA) is 46.9 Å². The molecule has 4 heteroatoms. The quantitative estimate of drug-likeness (QED) is 0.695. The third kappa shape index (κ3) is 1.78. The van der Waals surface area contributed by atoms with Crippen molar-refractivity contribution in [1.82, 2.24) is 15.1 Å². The van der Waals surface area contributed by atoms with Crippen molar-refractivity contribution in [2.75, 3.05) is 7.05 Å². The van der Waals surface area contributed by atoms with E-state index in [-0.39, 0.29) is 5.78 Å². The van der Waals surface area contributed by atoms with E-state index < -0.39 is 5.54 Å². The van der Waals surface area contributed by atoms with Gasteiger partial charge in [-0.1, -0.05) is 0 Å². The molecule has 0 spiro atoms. The Morgan fingerprint density at radius 2 is 2.23 bits per heavy atom. The van der Waals surface area contributed by atoms with Crippen molar-refractivity contribution in [2.45, 2.75) is 19.4 Å². The highest BCUT2D eigenvalue weighted by molar-refractivity contribution is 6.01. The van der Waals surface area contributed by atoms with Gasteiger partial charge < -0.3 is 5.32 Å². The molecular formula is C9H15N3O. The van der Waals surface area contributed by atoms with Gasteiger partial charge in [0, 0.05) is 13.2 Å². The van der Waals surface area contributed by atoms with Crippen LogP contribution in [0.15, 0.2) is 12.3 Å². The number of nitrogens with one attached hydrogen (secondary N) is 1. The molecule has 1 rings (SSSR count). The lowest BCUT2D eigenvalue weighted by Crippen LogP contribution is -2.45. The number of aryl methyl sites for hydroxylation is 1. The predicted octanol–water partition coefficient (Wildman–Crippen LogP) is 0.601. The summed E-state index contributed by atoms with van der Waals surface area (Å²) < 4.78 is 1.58. The number of carbonyl (C=O) groups excluding carboxylic acids is 1. The van der Waals surface area contributed by atoms with Crippen LogP contribution in [0, 0.1) is 0 Å². The zero-order valence-electron chi connectivity index (χ0n) is 8.46. The molecule has 0 atom stereocenters. The average molecular weight is 181 g/mol. The average Bonchev–Trinajstić information content (AvgIpc) is 2.50. The number of hydrogen-bond acceptors (Lipinski definition) is 3. The Bertz CT molecular complexity index is 314. The molecule has 1 aromatic rings. The second kappa shape index (κ2) is 3.30. The molecule has 1 heterocycles. The summed E-state index contributed by atoms with van der Waals surface area (Å²) in [7, 11) is 3.53. The van der Waals surface area contributed by atoms with Crippen molar-refractivity contribution in [3.05, 3.63) is 18.0 Å². The lowest BCUT2D eigenvalue weighted by molar-refractivity contribution is 0.0879. The molecule has 0 bridgehead atoms. The van der Waals surface area contributed by atoms with Gasteiger partial charge in [0.1, 0.15) is 5.69 Å². The number of Topliss-reactive ketones (excluding diaryl/α,β-unsaturated/α-hetero) is 1. The maximum absolute atomic E-state index is 11.9. The number of nitrogens with zero attached hydrogens (tertiary/aromatic N) is 2. The Hall–Kier alpha value is -1.16. The van der Waals surface area contributed by atoms with Crippen LogP contribution >= 0.6 is 0 Å². The fourth-order valence-corrected chi connectivity index (χ4v) is 1.03. The van der Waals surface area contributed by atoms with Gasteiger partial charge in [0.05, 0.1) is 5.54 Å². The minimum Gasteiger partial charge on any atom is -0.308 e. The van der Waals surface area contributed by atoms with Crippen LogP contribution in [-0.4, -0.2) is 28.2 Å². The number of ketones is 1. The molecule has 1 aromatic heterocycles. The molecule has 13 heavy (non-hydrogen) atoms. The lowest BCUT2D eigenvalue weighted by atomic mass is 9.97. The summed E-state index contributed by atoms with van der Waals surface area (Å²) in [5.74, 6) is 0.0509. The summed E-state index contributed by atoms with van der Waals surface area (Å²) in [5, 5.41) is 6.92. The number of likely N-dealkylation sites (N-methyl/N-ethyl adjacent to an activating group) is 1. The summed E-state index contributed by atoms with van der Waals surface area (Å²) in [6, 6.07) is 1.72. The van der Waals surface area contributed by atoms with Gasteiger partial charge in [0.2, 0.25) is 0 Å². The summed E-state index contributed by atoms with van der Waals surface area (Å²) >= 11 is 0. The van der Waals surface area contributed by atoms with Crippen LogP contribution in [0.3, 0.4) is 0 Å². The van der Waals surface area contributed by atoms with Crippen molar-refractivity contribution in [3.8, 4) is 0 Å². The highest BCUT2D eigenvalue weighted by atomic mass is 16.1. The highest BCUT2D eigenvalue weighted by Gasteiger charge is 2.28. The third-order valence-electron chi connectivity index (χ3n) is 2.25. The fraction of sp³-hybridized carbons (Fsp3) is 0.556. The van der Waals surface area contributed by atoms with E-state index in [0.717, 1.165) is 0 Å². The van der Waals surface area contributed by atoms with E-state index in [4.69, 9.17) is 0 Å². The minimum atomic E-state index is -0.534. The largest absolute Gasteiger partial charge is 0.308 e. The standard InChI is InChI=1S/C9H15N3O/c1-9(2,10-3)8(13)7-5-6-11-12(7)4/h5-6,10H,1-4H3. The number of aromatic nitrogens is 2. The smallest absolute Gasteiger partial charge is 0.200 e. The van der Waals surface area contributed by atoms with Crippen molar-refractivity contribution >= 4 is 5.78 Å². The first-order chi connectivity index (χ1) is 5.99. The number of rotatable bonds is 3. The molecule has 1 N–H and O–H groups in total. The van der Waals surface area contributed by atoms with E-state index in [1.807, 2.05) is 13.8 Å². The zero-order chi connectivity index (χ0) is 10.1. The lowest BCUT2D eigenvalue weighted by Gasteiger charge is -2.21. The highest BCUT2D eigenvalue weighted by Crippen LogP contribution is 2.10. The van der Waals surface area contributed by atoms with E-state index in [9.17, 15) is 4.79 Å². The number of carbonyl (C=O) groups is 1. The summed E-state index contributed by atoms with van der Waals surface area (Å²) in [6.07, 6.45) is 1.62. The molecule has 0 saturated carbocycles. The second-order valence-corrected chi connectivity index (χ2v) is 3.54. The van der Waals surface area contributed by atoms with Crippen molar-refractivity contribution in [2.24, 2.45) is 7.05 Å². The molecule has 4 nitrogen and oxygen atoms in total. The van der Waals surface area contributed by atoms with Crippen LogP contribution in [0.2, 0.25) is 0 Å². The fourth-order valence-electron chi connectivity index (χ4n) is 1.03. The maximum Gasteiger partial charge on any atom is 0.200 e. The maximum atomic E-state index is 11.9. The second-order valence-electron chi connectivity index (χ2n) is 3.54. The molecule has 0 aromatic carbocycles. The molecule has 0 unspecified atom stereocenters. The molecule has 0 aliphatic heterocycles. The van der Waals surface area contributed by atoms with Crippen LogP contribution in [0.1, 0.15) is 24.3 Å². The van der Waals surface area contributed by atoms with Gasteiger partial charge in [-0.3, -0.25) is 9.48 Å². The van der Waals surface area contributed by atoms with Gasteiger partial charge in [-0.05, 0) is 27.0 Å². The van der Waals surface area contributed by atoms with E-state index in [1.165, 1.54) is 0 Å².